The molecule has 0 radical (unpaired) electrons. The van der Waals surface area contributed by atoms with Gasteiger partial charge in [0.1, 0.15) is 0 Å². The molecule has 3 rings (SSSR count). The van der Waals surface area contributed by atoms with Gasteiger partial charge < -0.3 is 9.74 Å². The minimum absolute atomic E-state index is 0.0752. The van der Waals surface area contributed by atoms with Gasteiger partial charge in [-0.05, 0) is 32.6 Å². The number of nitrogens with zero attached hydrogens (tertiary/aromatic N) is 4. The first-order valence-corrected chi connectivity index (χ1v) is 8.14. The van der Waals surface area contributed by atoms with Crippen molar-refractivity contribution in [1.29, 1.82) is 0 Å². The molecule has 3 heterocycles. The minimum atomic E-state index is -0.465. The van der Waals surface area contributed by atoms with E-state index in [0.717, 1.165) is 49.4 Å². The van der Waals surface area contributed by atoms with Gasteiger partial charge in [0.15, 0.2) is 0 Å². The van der Waals surface area contributed by atoms with Gasteiger partial charge in [0.25, 0.3) is 5.91 Å². The highest BCUT2D eigenvalue weighted by Crippen LogP contribution is 2.23. The molecule has 1 aromatic heterocycles. The van der Waals surface area contributed by atoms with Crippen LogP contribution in [0.3, 0.4) is 0 Å². The quantitative estimate of drug-likeness (QED) is 0.857. The van der Waals surface area contributed by atoms with Crippen molar-refractivity contribution < 1.29 is 9.63 Å². The van der Waals surface area contributed by atoms with Crippen molar-refractivity contribution in [3.8, 4) is 0 Å². The first-order chi connectivity index (χ1) is 10.6. The number of oxime groups is 1. The third-order valence-corrected chi connectivity index (χ3v) is 4.62. The van der Waals surface area contributed by atoms with Gasteiger partial charge >= 0.3 is 0 Å². The molecule has 6 heteroatoms. The van der Waals surface area contributed by atoms with Gasteiger partial charge in [0.05, 0.1) is 11.4 Å². The van der Waals surface area contributed by atoms with Crippen molar-refractivity contribution in [1.82, 2.24) is 14.7 Å². The molecule has 1 amide bonds. The molecule has 1 fully saturated rings. The van der Waals surface area contributed by atoms with E-state index in [9.17, 15) is 4.79 Å². The second kappa shape index (κ2) is 6.10. The van der Waals surface area contributed by atoms with Crippen LogP contribution >= 0.6 is 0 Å². The molecule has 0 bridgehead atoms. The van der Waals surface area contributed by atoms with Gasteiger partial charge in [-0.1, -0.05) is 12.1 Å². The second-order valence-electron chi connectivity index (χ2n) is 6.33. The summed E-state index contributed by atoms with van der Waals surface area (Å²) >= 11 is 0. The maximum absolute atomic E-state index is 12.5. The molecule has 1 saturated heterocycles. The van der Waals surface area contributed by atoms with Crippen LogP contribution in [0.1, 0.15) is 44.4 Å². The Hall–Kier alpha value is -1.85. The Kier molecular flexibility index (Phi) is 4.18. The Labute approximate surface area is 131 Å². The fourth-order valence-electron chi connectivity index (χ4n) is 3.06. The number of aryl methyl sites for hydroxylation is 2. The topological polar surface area (TPSA) is 59.7 Å². The number of carbonyl (C=O) groups excluding carboxylic acids is 1. The van der Waals surface area contributed by atoms with E-state index in [1.807, 2.05) is 29.6 Å². The molecule has 22 heavy (non-hydrogen) atoms. The van der Waals surface area contributed by atoms with Crippen LogP contribution < -0.4 is 0 Å². The van der Waals surface area contributed by atoms with E-state index in [2.05, 4.69) is 17.2 Å². The summed E-state index contributed by atoms with van der Waals surface area (Å²) in [7, 11) is 0. The zero-order valence-corrected chi connectivity index (χ0v) is 13.6. The smallest absolute Gasteiger partial charge is 0.266 e. The molecule has 2 aliphatic heterocycles. The third-order valence-electron chi connectivity index (χ3n) is 4.62. The largest absolute Gasteiger partial charge is 0.382 e. The summed E-state index contributed by atoms with van der Waals surface area (Å²) in [5.74, 6) is 0.786. The molecule has 0 spiro atoms. The molecule has 1 aromatic rings. The van der Waals surface area contributed by atoms with Crippen molar-refractivity contribution in [2.24, 2.45) is 11.1 Å². The van der Waals surface area contributed by atoms with E-state index in [-0.39, 0.29) is 5.91 Å². The summed E-state index contributed by atoms with van der Waals surface area (Å²) < 4.78 is 1.88. The molecule has 1 unspecified atom stereocenters. The second-order valence-corrected chi connectivity index (χ2v) is 6.33. The number of likely N-dealkylation sites (tertiary alicyclic amines) is 1. The summed E-state index contributed by atoms with van der Waals surface area (Å²) in [6, 6.07) is 0. The van der Waals surface area contributed by atoms with Crippen molar-refractivity contribution in [3.05, 3.63) is 17.5 Å². The van der Waals surface area contributed by atoms with Gasteiger partial charge in [0, 0.05) is 37.8 Å². The van der Waals surface area contributed by atoms with E-state index >= 15 is 0 Å². The number of piperidine rings is 1. The highest BCUT2D eigenvalue weighted by molar-refractivity contribution is 6.04. The SMILES string of the molecule is CCn1cc(C2=NOC(C(=O)N3CCC(C)CC3)C2)c(C)n1. The van der Waals surface area contributed by atoms with Gasteiger partial charge in [0.2, 0.25) is 6.10 Å². The van der Waals surface area contributed by atoms with Gasteiger partial charge in [-0.15, -0.1) is 0 Å². The molecular formula is C16H24N4O2. The Balaban J connectivity index is 1.63. The number of carbonyl (C=O) groups is 1. The van der Waals surface area contributed by atoms with Crippen LogP contribution in [-0.2, 0) is 16.2 Å². The Morgan fingerprint density at radius 1 is 1.41 bits per heavy atom. The van der Waals surface area contributed by atoms with E-state index in [4.69, 9.17) is 4.84 Å². The fraction of sp³-hybridized carbons (Fsp3) is 0.688. The standard InChI is InChI=1S/C16H24N4O2/c1-4-20-10-13(12(3)17-20)14-9-15(22-18-14)16(21)19-7-5-11(2)6-8-19/h10-11,15H,4-9H2,1-3H3. The summed E-state index contributed by atoms with van der Waals surface area (Å²) in [6.45, 7) is 8.74. The van der Waals surface area contributed by atoms with Crippen LogP contribution in [0.4, 0.5) is 0 Å². The number of hydrogen-bond acceptors (Lipinski definition) is 4. The maximum atomic E-state index is 12.5. The summed E-state index contributed by atoms with van der Waals surface area (Å²) in [4.78, 5) is 19.9. The van der Waals surface area contributed by atoms with E-state index in [0.29, 0.717) is 12.3 Å². The summed E-state index contributed by atoms with van der Waals surface area (Å²) in [5.41, 5.74) is 2.76. The van der Waals surface area contributed by atoms with Crippen molar-refractivity contribution in [3.63, 3.8) is 0 Å². The predicted molar refractivity (Wildman–Crippen MR) is 83.6 cm³/mol. The van der Waals surface area contributed by atoms with Crippen LogP contribution in [-0.4, -0.2) is 45.5 Å². The lowest BCUT2D eigenvalue weighted by molar-refractivity contribution is -0.143. The third kappa shape index (κ3) is 2.87. The molecular weight excluding hydrogens is 280 g/mol. The number of amides is 1. The number of rotatable bonds is 3. The Morgan fingerprint density at radius 2 is 2.14 bits per heavy atom. The van der Waals surface area contributed by atoms with Crippen LogP contribution in [0, 0.1) is 12.8 Å². The van der Waals surface area contributed by atoms with Crippen molar-refractivity contribution in [2.45, 2.75) is 52.7 Å². The molecule has 0 saturated carbocycles. The van der Waals surface area contributed by atoms with Crippen LogP contribution in [0.25, 0.3) is 0 Å². The minimum Gasteiger partial charge on any atom is -0.382 e. The van der Waals surface area contributed by atoms with Gasteiger partial charge in [-0.2, -0.15) is 5.10 Å². The average Bonchev–Trinajstić information content (AvgIpc) is 3.13. The lowest BCUT2D eigenvalue weighted by Gasteiger charge is -2.31. The molecule has 0 aromatic carbocycles. The zero-order valence-electron chi connectivity index (χ0n) is 13.6. The Morgan fingerprint density at radius 3 is 2.77 bits per heavy atom. The summed E-state index contributed by atoms with van der Waals surface area (Å²) in [5, 5.41) is 8.57. The van der Waals surface area contributed by atoms with Crippen molar-refractivity contribution in [2.75, 3.05) is 13.1 Å². The lowest BCUT2D eigenvalue weighted by Crippen LogP contribution is -2.43. The number of hydrogen-bond donors (Lipinski definition) is 0. The molecule has 1 atom stereocenters. The molecule has 0 aliphatic carbocycles. The van der Waals surface area contributed by atoms with E-state index in [1.54, 1.807) is 0 Å². The molecule has 2 aliphatic rings. The summed E-state index contributed by atoms with van der Waals surface area (Å²) in [6.07, 6.45) is 4.21. The normalized spacial score (nSPS) is 22.6. The van der Waals surface area contributed by atoms with Crippen LogP contribution in [0.2, 0.25) is 0 Å². The zero-order chi connectivity index (χ0) is 15.7. The van der Waals surface area contributed by atoms with Crippen LogP contribution in [0.5, 0.6) is 0 Å². The van der Waals surface area contributed by atoms with E-state index in [1.165, 1.54) is 0 Å². The van der Waals surface area contributed by atoms with Gasteiger partial charge in [-0.25, -0.2) is 0 Å². The maximum Gasteiger partial charge on any atom is 0.266 e. The monoisotopic (exact) mass is 304 g/mol. The predicted octanol–water partition coefficient (Wildman–Crippen LogP) is 1.96. The van der Waals surface area contributed by atoms with Crippen LogP contribution in [0.15, 0.2) is 11.4 Å². The lowest BCUT2D eigenvalue weighted by atomic mass is 9.98. The highest BCUT2D eigenvalue weighted by Gasteiger charge is 2.34. The first kappa shape index (κ1) is 15.1. The molecule has 120 valence electrons. The Bertz CT molecular complexity index is 585. The average molecular weight is 304 g/mol. The molecule has 0 N–H and O–H groups in total. The van der Waals surface area contributed by atoms with Crippen molar-refractivity contribution >= 4 is 11.6 Å². The molecule has 6 nitrogen and oxygen atoms in total. The van der Waals surface area contributed by atoms with E-state index < -0.39 is 6.10 Å². The fourth-order valence-corrected chi connectivity index (χ4v) is 3.06. The number of aromatic nitrogens is 2. The van der Waals surface area contributed by atoms with Gasteiger partial charge in [-0.3, -0.25) is 9.48 Å². The highest BCUT2D eigenvalue weighted by atomic mass is 16.6. The first-order valence-electron chi connectivity index (χ1n) is 8.14.